The Labute approximate surface area is 123 Å². The van der Waals surface area contributed by atoms with E-state index in [2.05, 4.69) is 76.3 Å². The zero-order valence-corrected chi connectivity index (χ0v) is 13.2. The molecule has 20 heavy (non-hydrogen) atoms. The van der Waals surface area contributed by atoms with Gasteiger partial charge in [0.1, 0.15) is 0 Å². The van der Waals surface area contributed by atoms with Crippen LogP contribution in [0.25, 0.3) is 11.1 Å². The summed E-state index contributed by atoms with van der Waals surface area (Å²) in [7, 11) is 0. The van der Waals surface area contributed by atoms with Crippen LogP contribution in [0.4, 0.5) is 0 Å². The van der Waals surface area contributed by atoms with E-state index < -0.39 is 0 Å². The molecule has 0 saturated heterocycles. The van der Waals surface area contributed by atoms with E-state index in [-0.39, 0.29) is 0 Å². The molecule has 0 aliphatic rings. The third-order valence-electron chi connectivity index (χ3n) is 3.86. The fraction of sp³-hybridized carbons (Fsp3) is 0.368. The molecule has 0 aliphatic heterocycles. The first-order valence-corrected chi connectivity index (χ1v) is 7.38. The summed E-state index contributed by atoms with van der Waals surface area (Å²) in [6.45, 7) is 11.8. The van der Waals surface area contributed by atoms with Crippen molar-refractivity contribution in [1.29, 1.82) is 0 Å². The SMILES string of the molecule is Cc1ccc(CNC(C)C)c(-c2cccc(C)c2C)c1. The average molecular weight is 267 g/mol. The number of nitrogens with one attached hydrogen (secondary N) is 1. The van der Waals surface area contributed by atoms with Gasteiger partial charge in [-0.15, -0.1) is 0 Å². The summed E-state index contributed by atoms with van der Waals surface area (Å²) in [5, 5.41) is 3.53. The van der Waals surface area contributed by atoms with Crippen LogP contribution < -0.4 is 5.32 Å². The molecule has 106 valence electrons. The van der Waals surface area contributed by atoms with Crippen LogP contribution >= 0.6 is 0 Å². The Morgan fingerprint density at radius 1 is 0.950 bits per heavy atom. The smallest absolute Gasteiger partial charge is 0.0214 e. The standard InChI is InChI=1S/C19H25N/c1-13(2)20-12-17-10-9-14(3)11-19(17)18-8-6-7-15(4)16(18)5/h6-11,13,20H,12H2,1-5H3. The lowest BCUT2D eigenvalue weighted by atomic mass is 9.92. The molecule has 0 radical (unpaired) electrons. The van der Waals surface area contributed by atoms with Crippen molar-refractivity contribution in [2.75, 3.05) is 0 Å². The Morgan fingerprint density at radius 2 is 1.70 bits per heavy atom. The van der Waals surface area contributed by atoms with Crippen molar-refractivity contribution in [3.8, 4) is 11.1 Å². The van der Waals surface area contributed by atoms with Gasteiger partial charge < -0.3 is 5.32 Å². The Balaban J connectivity index is 2.48. The molecule has 0 heterocycles. The molecule has 0 saturated carbocycles. The zero-order chi connectivity index (χ0) is 14.7. The van der Waals surface area contributed by atoms with Crippen LogP contribution in [0.15, 0.2) is 36.4 Å². The van der Waals surface area contributed by atoms with Crippen molar-refractivity contribution in [3.63, 3.8) is 0 Å². The van der Waals surface area contributed by atoms with Gasteiger partial charge in [-0.2, -0.15) is 0 Å². The summed E-state index contributed by atoms with van der Waals surface area (Å²) in [6, 6.07) is 13.8. The molecule has 0 bridgehead atoms. The topological polar surface area (TPSA) is 12.0 Å². The molecular formula is C19H25N. The van der Waals surface area contributed by atoms with E-state index in [1.165, 1.54) is 33.4 Å². The number of hydrogen-bond donors (Lipinski definition) is 1. The van der Waals surface area contributed by atoms with Gasteiger partial charge >= 0.3 is 0 Å². The molecular weight excluding hydrogens is 242 g/mol. The maximum atomic E-state index is 3.53. The molecule has 0 aromatic heterocycles. The Hall–Kier alpha value is -1.60. The summed E-state index contributed by atoms with van der Waals surface area (Å²) in [5.74, 6) is 0. The number of hydrogen-bond acceptors (Lipinski definition) is 1. The van der Waals surface area contributed by atoms with Crippen molar-refractivity contribution < 1.29 is 0 Å². The van der Waals surface area contributed by atoms with Crippen LogP contribution in [-0.2, 0) is 6.54 Å². The van der Waals surface area contributed by atoms with Gasteiger partial charge in [-0.05, 0) is 48.6 Å². The first kappa shape index (κ1) is 14.8. The van der Waals surface area contributed by atoms with Crippen LogP contribution in [0.2, 0.25) is 0 Å². The van der Waals surface area contributed by atoms with Gasteiger partial charge in [0.15, 0.2) is 0 Å². The fourth-order valence-electron chi connectivity index (χ4n) is 2.45. The van der Waals surface area contributed by atoms with E-state index in [0.29, 0.717) is 6.04 Å². The minimum absolute atomic E-state index is 0.503. The monoisotopic (exact) mass is 267 g/mol. The lowest BCUT2D eigenvalue weighted by molar-refractivity contribution is 0.589. The van der Waals surface area contributed by atoms with E-state index in [1.807, 2.05) is 0 Å². The Kier molecular flexibility index (Phi) is 4.61. The van der Waals surface area contributed by atoms with Crippen LogP contribution in [0.5, 0.6) is 0 Å². The second-order valence-corrected chi connectivity index (χ2v) is 5.94. The highest BCUT2D eigenvalue weighted by atomic mass is 14.9. The van der Waals surface area contributed by atoms with Crippen molar-refractivity contribution in [1.82, 2.24) is 5.32 Å². The van der Waals surface area contributed by atoms with Crippen LogP contribution in [0, 0.1) is 20.8 Å². The van der Waals surface area contributed by atoms with Gasteiger partial charge in [0, 0.05) is 12.6 Å². The summed E-state index contributed by atoms with van der Waals surface area (Å²) in [6.07, 6.45) is 0. The number of rotatable bonds is 4. The normalized spacial score (nSPS) is 11.1. The average Bonchev–Trinajstić information content (AvgIpc) is 2.40. The van der Waals surface area contributed by atoms with Crippen LogP contribution in [0.1, 0.15) is 36.1 Å². The van der Waals surface area contributed by atoms with E-state index in [4.69, 9.17) is 0 Å². The lowest BCUT2D eigenvalue weighted by Gasteiger charge is -2.16. The summed E-state index contributed by atoms with van der Waals surface area (Å²) in [4.78, 5) is 0. The number of benzene rings is 2. The third-order valence-corrected chi connectivity index (χ3v) is 3.86. The maximum absolute atomic E-state index is 3.53. The van der Waals surface area contributed by atoms with Gasteiger partial charge in [-0.25, -0.2) is 0 Å². The molecule has 1 nitrogen and oxygen atoms in total. The largest absolute Gasteiger partial charge is 0.310 e. The van der Waals surface area contributed by atoms with Gasteiger partial charge in [0.25, 0.3) is 0 Å². The molecule has 2 rings (SSSR count). The van der Waals surface area contributed by atoms with E-state index in [0.717, 1.165) is 6.54 Å². The summed E-state index contributed by atoms with van der Waals surface area (Å²) in [5.41, 5.74) is 8.14. The van der Waals surface area contributed by atoms with Crippen molar-refractivity contribution in [3.05, 3.63) is 58.7 Å². The van der Waals surface area contributed by atoms with Crippen LogP contribution in [-0.4, -0.2) is 6.04 Å². The highest BCUT2D eigenvalue weighted by Gasteiger charge is 2.09. The van der Waals surface area contributed by atoms with E-state index in [9.17, 15) is 0 Å². The first-order valence-electron chi connectivity index (χ1n) is 7.38. The molecule has 0 aliphatic carbocycles. The predicted molar refractivity (Wildman–Crippen MR) is 88.1 cm³/mol. The predicted octanol–water partition coefficient (Wildman–Crippen LogP) is 4.78. The quantitative estimate of drug-likeness (QED) is 0.841. The Morgan fingerprint density at radius 3 is 2.40 bits per heavy atom. The Bertz CT molecular complexity index is 597. The highest BCUT2D eigenvalue weighted by molar-refractivity contribution is 5.72. The molecule has 0 unspecified atom stereocenters. The maximum Gasteiger partial charge on any atom is 0.0214 e. The second kappa shape index (κ2) is 6.23. The molecule has 2 aromatic carbocycles. The highest BCUT2D eigenvalue weighted by Crippen LogP contribution is 2.29. The third kappa shape index (κ3) is 3.29. The summed E-state index contributed by atoms with van der Waals surface area (Å²) < 4.78 is 0. The molecule has 0 amide bonds. The van der Waals surface area contributed by atoms with E-state index >= 15 is 0 Å². The van der Waals surface area contributed by atoms with Crippen molar-refractivity contribution >= 4 is 0 Å². The first-order chi connectivity index (χ1) is 9.49. The van der Waals surface area contributed by atoms with E-state index in [1.54, 1.807) is 0 Å². The molecule has 0 fully saturated rings. The number of aryl methyl sites for hydroxylation is 2. The molecule has 2 aromatic rings. The summed E-state index contributed by atoms with van der Waals surface area (Å²) >= 11 is 0. The minimum Gasteiger partial charge on any atom is -0.310 e. The second-order valence-electron chi connectivity index (χ2n) is 5.94. The fourth-order valence-corrected chi connectivity index (χ4v) is 2.45. The minimum atomic E-state index is 0.503. The molecule has 0 spiro atoms. The molecule has 0 atom stereocenters. The van der Waals surface area contributed by atoms with Crippen molar-refractivity contribution in [2.24, 2.45) is 0 Å². The van der Waals surface area contributed by atoms with Gasteiger partial charge in [-0.3, -0.25) is 0 Å². The van der Waals surface area contributed by atoms with Crippen LogP contribution in [0.3, 0.4) is 0 Å². The molecule has 1 heteroatoms. The molecule has 1 N–H and O–H groups in total. The van der Waals surface area contributed by atoms with Gasteiger partial charge in [-0.1, -0.05) is 55.8 Å². The lowest BCUT2D eigenvalue weighted by Crippen LogP contribution is -2.22. The van der Waals surface area contributed by atoms with Crippen molar-refractivity contribution in [2.45, 2.75) is 47.2 Å². The zero-order valence-electron chi connectivity index (χ0n) is 13.2. The van der Waals surface area contributed by atoms with Gasteiger partial charge in [0.05, 0.1) is 0 Å². The van der Waals surface area contributed by atoms with Gasteiger partial charge in [0.2, 0.25) is 0 Å².